The summed E-state index contributed by atoms with van der Waals surface area (Å²) >= 11 is 0. The van der Waals surface area contributed by atoms with Crippen LogP contribution >= 0.6 is 0 Å². The Hall–Kier alpha value is -2.97. The monoisotopic (exact) mass is 530 g/mol. The molecule has 5 nitrogen and oxygen atoms in total. The lowest BCUT2D eigenvalue weighted by atomic mass is 9.59. The van der Waals surface area contributed by atoms with E-state index in [0.29, 0.717) is 18.5 Å². The first kappa shape index (κ1) is 26.6. The maximum atomic E-state index is 14.3. The van der Waals surface area contributed by atoms with Crippen molar-refractivity contribution in [2.75, 3.05) is 7.05 Å². The molecule has 0 saturated heterocycles. The number of benzene rings is 1. The van der Waals surface area contributed by atoms with Gasteiger partial charge in [-0.1, -0.05) is 57.9 Å². The lowest BCUT2D eigenvalue weighted by Crippen LogP contribution is -2.42. The van der Waals surface area contributed by atoms with Gasteiger partial charge in [-0.2, -0.15) is 17.6 Å². The minimum absolute atomic E-state index is 0.0427. The van der Waals surface area contributed by atoms with E-state index in [9.17, 15) is 22.4 Å². The first-order valence-corrected chi connectivity index (χ1v) is 13.5. The summed E-state index contributed by atoms with van der Waals surface area (Å²) in [6, 6.07) is 5.78. The highest BCUT2D eigenvalue weighted by molar-refractivity contribution is 5.79. The SMILES string of the molecule is CCCC(CCC)C(=O)N(C)[C@H](c1ccc([C@H]2c3cnc4cc(F)nn4c3[C@]3(C)CC[C@@H]23)cc1)C(F)(F)F. The van der Waals surface area contributed by atoms with Gasteiger partial charge in [-0.15, -0.1) is 5.10 Å². The van der Waals surface area contributed by atoms with Gasteiger partial charge in [0.15, 0.2) is 11.7 Å². The number of halogens is 4. The summed E-state index contributed by atoms with van der Waals surface area (Å²) in [4.78, 5) is 18.4. The molecule has 0 N–H and O–H groups in total. The van der Waals surface area contributed by atoms with Crippen LogP contribution in [0.3, 0.4) is 0 Å². The van der Waals surface area contributed by atoms with Gasteiger partial charge in [0.05, 0.1) is 5.69 Å². The number of hydrogen-bond acceptors (Lipinski definition) is 3. The molecule has 2 aliphatic carbocycles. The highest BCUT2D eigenvalue weighted by Gasteiger charge is 2.57. The minimum Gasteiger partial charge on any atom is -0.330 e. The molecule has 2 aromatic heterocycles. The Kier molecular flexibility index (Phi) is 6.76. The summed E-state index contributed by atoms with van der Waals surface area (Å²) < 4.78 is 58.5. The topological polar surface area (TPSA) is 50.5 Å². The van der Waals surface area contributed by atoms with Crippen LogP contribution in [0.4, 0.5) is 17.6 Å². The van der Waals surface area contributed by atoms with Crippen LogP contribution in [-0.2, 0) is 10.2 Å². The summed E-state index contributed by atoms with van der Waals surface area (Å²) in [5.41, 5.74) is 3.07. The molecule has 3 aromatic rings. The van der Waals surface area contributed by atoms with E-state index in [2.05, 4.69) is 17.0 Å². The van der Waals surface area contributed by atoms with Gasteiger partial charge in [-0.25, -0.2) is 9.50 Å². The van der Waals surface area contributed by atoms with Crippen molar-refractivity contribution in [2.45, 2.75) is 82.8 Å². The van der Waals surface area contributed by atoms with Crippen molar-refractivity contribution in [2.24, 2.45) is 11.8 Å². The predicted molar refractivity (Wildman–Crippen MR) is 136 cm³/mol. The van der Waals surface area contributed by atoms with Gasteiger partial charge >= 0.3 is 6.18 Å². The van der Waals surface area contributed by atoms with Crippen LogP contribution in [0.25, 0.3) is 5.65 Å². The fourth-order valence-corrected chi connectivity index (χ4v) is 6.94. The van der Waals surface area contributed by atoms with E-state index in [1.165, 1.54) is 25.2 Å². The third-order valence-electron chi connectivity index (χ3n) is 8.83. The Morgan fingerprint density at radius 2 is 1.84 bits per heavy atom. The Balaban J connectivity index is 1.49. The van der Waals surface area contributed by atoms with Gasteiger partial charge in [-0.05, 0) is 42.7 Å². The van der Waals surface area contributed by atoms with Crippen LogP contribution < -0.4 is 0 Å². The maximum absolute atomic E-state index is 14.3. The van der Waals surface area contributed by atoms with Gasteiger partial charge in [0.25, 0.3) is 0 Å². The van der Waals surface area contributed by atoms with Crippen LogP contribution in [0.1, 0.15) is 93.6 Å². The second-order valence-electron chi connectivity index (χ2n) is 11.2. The fraction of sp³-hybridized carbons (Fsp3) is 0.552. The number of rotatable bonds is 8. The summed E-state index contributed by atoms with van der Waals surface area (Å²) in [5, 5.41) is 4.04. The third kappa shape index (κ3) is 4.18. The molecule has 1 amide bonds. The number of hydrogen-bond donors (Lipinski definition) is 0. The average molecular weight is 531 g/mol. The van der Waals surface area contributed by atoms with Crippen molar-refractivity contribution in [3.05, 3.63) is 64.9 Å². The van der Waals surface area contributed by atoms with Crippen molar-refractivity contribution in [3.63, 3.8) is 0 Å². The quantitative estimate of drug-likeness (QED) is 0.296. The van der Waals surface area contributed by atoms with E-state index >= 15 is 0 Å². The largest absolute Gasteiger partial charge is 0.413 e. The summed E-state index contributed by atoms with van der Waals surface area (Å²) in [6.07, 6.45) is 1.67. The number of aromatic nitrogens is 3. The second-order valence-corrected chi connectivity index (χ2v) is 11.2. The van der Waals surface area contributed by atoms with E-state index in [1.54, 1.807) is 22.8 Å². The molecule has 4 atom stereocenters. The number of carbonyl (C=O) groups excluding carboxylic acids is 1. The molecule has 38 heavy (non-hydrogen) atoms. The molecule has 5 rings (SSSR count). The van der Waals surface area contributed by atoms with Crippen molar-refractivity contribution < 1.29 is 22.4 Å². The van der Waals surface area contributed by atoms with Crippen LogP contribution in [0, 0.1) is 17.8 Å². The molecule has 1 saturated carbocycles. The predicted octanol–water partition coefficient (Wildman–Crippen LogP) is 6.96. The molecule has 0 unspecified atom stereocenters. The Bertz CT molecular complexity index is 1330. The second kappa shape index (κ2) is 9.65. The zero-order valence-electron chi connectivity index (χ0n) is 22.2. The van der Waals surface area contributed by atoms with Crippen molar-refractivity contribution in [3.8, 4) is 0 Å². The molecular formula is C29H34F4N4O. The summed E-state index contributed by atoms with van der Waals surface area (Å²) in [7, 11) is 1.26. The van der Waals surface area contributed by atoms with E-state index in [1.807, 2.05) is 13.8 Å². The van der Waals surface area contributed by atoms with Gasteiger partial charge in [-0.3, -0.25) is 4.79 Å². The zero-order chi connectivity index (χ0) is 27.4. The molecule has 2 aliphatic rings. The van der Waals surface area contributed by atoms with Crippen LogP contribution in [0.2, 0.25) is 0 Å². The average Bonchev–Trinajstić information content (AvgIpc) is 3.31. The molecule has 9 heteroatoms. The molecule has 1 aromatic carbocycles. The molecule has 0 spiro atoms. The Labute approximate surface area is 220 Å². The Morgan fingerprint density at radius 1 is 1.18 bits per heavy atom. The number of amides is 1. The standard InChI is InChI=1S/C29H34F4N4O/c1-5-7-19(8-6-2)27(38)36(4)25(29(31,32)33)18-11-9-17(10-12-18)24-20-16-34-23-15-22(30)35-37(23)26(20)28(3)14-13-21(24)28/h9-12,15-16,19,21,24-25H,5-8,13-14H2,1-4H3/t21-,24-,25+,28+/m0/s1. The van der Waals surface area contributed by atoms with Crippen molar-refractivity contribution in [1.82, 2.24) is 19.5 Å². The number of carbonyl (C=O) groups is 1. The van der Waals surface area contributed by atoms with Crippen molar-refractivity contribution in [1.29, 1.82) is 0 Å². The first-order valence-electron chi connectivity index (χ1n) is 13.5. The van der Waals surface area contributed by atoms with Gasteiger partial charge in [0.2, 0.25) is 11.9 Å². The lowest BCUT2D eigenvalue weighted by Gasteiger charge is -2.44. The van der Waals surface area contributed by atoms with E-state index < -0.39 is 30.0 Å². The van der Waals surface area contributed by atoms with Gasteiger partial charge < -0.3 is 4.90 Å². The molecule has 0 radical (unpaired) electrons. The molecule has 0 aliphatic heterocycles. The molecular weight excluding hydrogens is 496 g/mol. The molecule has 2 heterocycles. The first-order chi connectivity index (χ1) is 18.0. The van der Waals surface area contributed by atoms with E-state index in [-0.39, 0.29) is 22.8 Å². The fourth-order valence-electron chi connectivity index (χ4n) is 6.94. The normalized spacial score (nSPS) is 23.3. The smallest absolute Gasteiger partial charge is 0.330 e. The number of fused-ring (bicyclic) bond motifs is 5. The lowest BCUT2D eigenvalue weighted by molar-refractivity contribution is -0.190. The van der Waals surface area contributed by atoms with Crippen LogP contribution in [-0.4, -0.2) is 38.6 Å². The highest BCUT2D eigenvalue weighted by atomic mass is 19.4. The number of alkyl halides is 3. The zero-order valence-corrected chi connectivity index (χ0v) is 22.2. The molecule has 1 fully saturated rings. The van der Waals surface area contributed by atoms with Gasteiger partial charge in [0, 0.05) is 42.1 Å². The summed E-state index contributed by atoms with van der Waals surface area (Å²) in [6.45, 7) is 6.03. The third-order valence-corrected chi connectivity index (χ3v) is 8.83. The maximum Gasteiger partial charge on any atom is 0.413 e. The van der Waals surface area contributed by atoms with Crippen molar-refractivity contribution >= 4 is 11.6 Å². The molecule has 204 valence electrons. The highest BCUT2D eigenvalue weighted by Crippen LogP contribution is 2.63. The van der Waals surface area contributed by atoms with Gasteiger partial charge in [0.1, 0.15) is 0 Å². The minimum atomic E-state index is -4.61. The van der Waals surface area contributed by atoms with Crippen LogP contribution in [0.5, 0.6) is 0 Å². The number of nitrogens with zero attached hydrogens (tertiary/aromatic N) is 4. The van der Waals surface area contributed by atoms with Crippen LogP contribution in [0.15, 0.2) is 36.5 Å². The summed E-state index contributed by atoms with van der Waals surface area (Å²) in [5.74, 6) is -1.30. The Morgan fingerprint density at radius 3 is 2.39 bits per heavy atom. The van der Waals surface area contributed by atoms with E-state index in [0.717, 1.165) is 47.4 Å². The molecule has 0 bridgehead atoms. The van der Waals surface area contributed by atoms with E-state index in [4.69, 9.17) is 0 Å².